The van der Waals surface area contributed by atoms with E-state index in [-0.39, 0.29) is 23.9 Å². The quantitative estimate of drug-likeness (QED) is 0.0916. The van der Waals surface area contributed by atoms with Gasteiger partial charge >= 0.3 is 0 Å². The van der Waals surface area contributed by atoms with Crippen molar-refractivity contribution in [2.75, 3.05) is 26.2 Å². The molecule has 0 aliphatic carbocycles. The van der Waals surface area contributed by atoms with E-state index < -0.39 is 12.2 Å². The van der Waals surface area contributed by atoms with Crippen molar-refractivity contribution in [3.63, 3.8) is 0 Å². The number of benzene rings is 5. The van der Waals surface area contributed by atoms with E-state index in [4.69, 9.17) is 12.8 Å². The fourth-order valence-corrected chi connectivity index (χ4v) is 12.9. The van der Waals surface area contributed by atoms with Crippen LogP contribution < -0.4 is 0 Å². The maximum atomic E-state index is 12.6. The zero-order valence-electron chi connectivity index (χ0n) is 34.1. The van der Waals surface area contributed by atoms with Crippen LogP contribution in [0.15, 0.2) is 122 Å². The van der Waals surface area contributed by atoms with Gasteiger partial charge in [0.1, 0.15) is 37.4 Å². The third-order valence-corrected chi connectivity index (χ3v) is 15.9. The minimum absolute atomic E-state index is 0.00320. The Morgan fingerprint density at radius 1 is 0.533 bits per heavy atom. The van der Waals surface area contributed by atoms with Crippen molar-refractivity contribution in [1.29, 1.82) is 0 Å². The van der Waals surface area contributed by atoms with Crippen molar-refractivity contribution < 1.29 is 19.2 Å². The smallest absolute Gasteiger partial charge is 0.131 e. The maximum absolute atomic E-state index is 12.6. The van der Waals surface area contributed by atoms with Gasteiger partial charge in [0.05, 0.1) is 49.0 Å². The van der Waals surface area contributed by atoms with Crippen LogP contribution in [0, 0.1) is 48.4 Å². The number of hydrogen-bond donors (Lipinski definition) is 2. The molecule has 2 aromatic heterocycles. The molecule has 6 aliphatic rings. The number of pyridine rings is 2. The summed E-state index contributed by atoms with van der Waals surface area (Å²) < 4.78 is 1.52. The Hall–Kier alpha value is -5.60. The summed E-state index contributed by atoms with van der Waals surface area (Å²) in [6, 6.07) is 38.4. The number of rotatable bonds is 8. The maximum Gasteiger partial charge on any atom is 0.131 e. The van der Waals surface area contributed by atoms with Crippen LogP contribution in [0.25, 0.3) is 43.4 Å². The summed E-state index contributed by atoms with van der Waals surface area (Å²) in [4.78, 5) is 9.28. The summed E-state index contributed by atoms with van der Waals surface area (Å²) in [6.45, 7) is 5.25. The van der Waals surface area contributed by atoms with Gasteiger partial charge in [-0.15, -0.1) is 12.8 Å². The highest BCUT2D eigenvalue weighted by Crippen LogP contribution is 2.51. The lowest BCUT2D eigenvalue weighted by Crippen LogP contribution is -2.67. The molecule has 298 valence electrons. The van der Waals surface area contributed by atoms with E-state index in [9.17, 15) is 10.2 Å². The molecule has 5 aromatic carbocycles. The van der Waals surface area contributed by atoms with Crippen molar-refractivity contribution in [2.24, 2.45) is 23.7 Å². The van der Waals surface area contributed by atoms with Crippen LogP contribution in [-0.4, -0.2) is 67.4 Å². The van der Waals surface area contributed by atoms with Crippen molar-refractivity contribution in [3.05, 3.63) is 144 Å². The Balaban J connectivity index is 1.04. The predicted molar refractivity (Wildman–Crippen MR) is 240 cm³/mol. The third-order valence-electron chi connectivity index (χ3n) is 15.9. The van der Waals surface area contributed by atoms with Crippen LogP contribution in [0.4, 0.5) is 0 Å². The van der Waals surface area contributed by atoms with Crippen LogP contribution >= 0.6 is 0 Å². The Morgan fingerprint density at radius 2 is 0.900 bits per heavy atom. The molecular formula is C54H52N4O2+2. The van der Waals surface area contributed by atoms with Crippen LogP contribution in [0.3, 0.4) is 0 Å². The molecule has 7 aromatic rings. The van der Waals surface area contributed by atoms with Gasteiger partial charge < -0.3 is 19.2 Å². The molecule has 6 fully saturated rings. The lowest BCUT2D eigenvalue weighted by atomic mass is 9.70. The summed E-state index contributed by atoms with van der Waals surface area (Å²) >= 11 is 0. The summed E-state index contributed by atoms with van der Waals surface area (Å²) in [6.07, 6.45) is 18.9. The number of aliphatic hydroxyl groups excluding tert-OH is 2. The molecule has 8 heterocycles. The molecule has 6 nitrogen and oxygen atoms in total. The van der Waals surface area contributed by atoms with Crippen LogP contribution in [0.5, 0.6) is 0 Å². The second-order valence-electron chi connectivity index (χ2n) is 18.6. The van der Waals surface area contributed by atoms with Gasteiger partial charge in [0.15, 0.2) is 0 Å². The lowest BCUT2D eigenvalue weighted by molar-refractivity contribution is -0.984. The molecule has 2 N–H and O–H groups in total. The number of piperidine rings is 6. The topological polar surface area (TPSA) is 66.2 Å². The normalized spacial score (nSPS) is 29.4. The van der Waals surface area contributed by atoms with E-state index in [1.54, 1.807) is 0 Å². The van der Waals surface area contributed by atoms with Gasteiger partial charge in [0.2, 0.25) is 0 Å². The first-order valence-electron chi connectivity index (χ1n) is 22.0. The molecule has 60 heavy (non-hydrogen) atoms. The Kier molecular flexibility index (Phi) is 9.07. The van der Waals surface area contributed by atoms with Crippen molar-refractivity contribution in [2.45, 2.75) is 63.1 Å². The highest BCUT2D eigenvalue weighted by molar-refractivity contribution is 6.05. The van der Waals surface area contributed by atoms with Crippen molar-refractivity contribution in [3.8, 4) is 24.7 Å². The highest BCUT2D eigenvalue weighted by Gasteiger charge is 2.56. The number of quaternary nitrogens is 2. The number of fused-ring (bicyclic) bond motifs is 10. The average molecular weight is 789 g/mol. The Labute approximate surface area is 352 Å². The average Bonchev–Trinajstić information content (AvgIpc) is 3.31. The summed E-state index contributed by atoms with van der Waals surface area (Å²) in [5.41, 5.74) is 6.39. The fraction of sp³-hybridized carbons (Fsp3) is 0.333. The van der Waals surface area contributed by atoms with Crippen LogP contribution in [0.2, 0.25) is 0 Å². The van der Waals surface area contributed by atoms with Gasteiger partial charge in [0.25, 0.3) is 0 Å². The SMILES string of the molecule is C#C[C@H]1C[N@+]2(Cc3c4ccccc4c(C[N@@+]45CC[C@@H](C[C@H]4[C@H](O)c4ccnc6ccccc46)[C@@H](C#C)C5)c4ccccc34)CC[C@H]1C[C@H]2[C@H](O)c1ccnc2ccccc12. The molecule has 0 saturated carbocycles. The Bertz CT molecular complexity index is 2630. The molecular weight excluding hydrogens is 737 g/mol. The van der Waals surface area contributed by atoms with E-state index in [1.165, 1.54) is 32.7 Å². The minimum Gasteiger partial charge on any atom is -0.382 e. The number of aromatic nitrogens is 2. The summed E-state index contributed by atoms with van der Waals surface area (Å²) in [5.74, 6) is 7.59. The highest BCUT2D eigenvalue weighted by atomic mass is 16.3. The monoisotopic (exact) mass is 788 g/mol. The van der Waals surface area contributed by atoms with Gasteiger partial charge in [-0.25, -0.2) is 0 Å². The van der Waals surface area contributed by atoms with Gasteiger partial charge in [-0.05, 0) is 68.8 Å². The zero-order valence-corrected chi connectivity index (χ0v) is 34.1. The number of terminal acetylenes is 2. The van der Waals surface area contributed by atoms with Gasteiger partial charge in [-0.3, -0.25) is 9.97 Å². The lowest BCUT2D eigenvalue weighted by Gasteiger charge is -2.58. The first-order valence-corrected chi connectivity index (χ1v) is 22.0. The second kappa shape index (κ2) is 14.5. The van der Waals surface area contributed by atoms with Crippen molar-refractivity contribution in [1.82, 2.24) is 9.97 Å². The van der Waals surface area contributed by atoms with Gasteiger partial charge in [-0.1, -0.05) is 96.8 Å². The first-order chi connectivity index (χ1) is 29.4. The van der Waals surface area contributed by atoms with Crippen LogP contribution in [-0.2, 0) is 13.1 Å². The molecule has 0 unspecified atom stereocenters. The fourth-order valence-electron chi connectivity index (χ4n) is 12.9. The molecule has 6 heteroatoms. The number of para-hydroxylation sites is 2. The third kappa shape index (κ3) is 5.81. The number of nitrogens with zero attached hydrogens (tertiary/aromatic N) is 4. The summed E-state index contributed by atoms with van der Waals surface area (Å²) in [7, 11) is 0. The van der Waals surface area contributed by atoms with Gasteiger partial charge in [0, 0.05) is 60.0 Å². The van der Waals surface area contributed by atoms with E-state index in [2.05, 4.69) is 82.5 Å². The van der Waals surface area contributed by atoms with Crippen molar-refractivity contribution >= 4 is 43.4 Å². The molecule has 13 rings (SSSR count). The predicted octanol–water partition coefficient (Wildman–Crippen LogP) is 9.27. The van der Waals surface area contributed by atoms with E-state index in [0.29, 0.717) is 11.8 Å². The van der Waals surface area contributed by atoms with E-state index in [0.717, 1.165) is 107 Å². The minimum atomic E-state index is -0.654. The molecule has 10 atom stereocenters. The molecule has 4 bridgehead atoms. The molecule has 0 radical (unpaired) electrons. The van der Waals surface area contributed by atoms with Crippen LogP contribution in [0.1, 0.15) is 60.1 Å². The standard InChI is InChI=1S/C54H52N4O2/c1-3-35-31-57(27-23-37(35)29-51(57)53(59)45-21-25-55-49-19-11-9-17-43(45)49)33-47-39-13-5-7-15-41(39)48(42-16-8-6-14-40(42)47)34-58-28-24-38(36(4-2)32-58)30-52(58)54(60)46-22-26-56-50-20-12-10-18-44(46)50/h1-2,5-22,25-26,35-38,51-54,59-60H,23-24,27-34H2/q+2/t35-,36-,37-,38-,51-,52-,53+,54+,57-,58-/m0/s1. The Morgan fingerprint density at radius 3 is 1.28 bits per heavy atom. The largest absolute Gasteiger partial charge is 0.382 e. The summed E-state index contributed by atoms with van der Waals surface area (Å²) in [5, 5.41) is 32.3. The molecule has 6 aliphatic heterocycles. The first kappa shape index (κ1) is 37.4. The van der Waals surface area contributed by atoms with E-state index in [1.807, 2.05) is 60.9 Å². The molecule has 6 saturated heterocycles. The van der Waals surface area contributed by atoms with Gasteiger partial charge in [-0.2, -0.15) is 0 Å². The number of hydrogen-bond acceptors (Lipinski definition) is 4. The van der Waals surface area contributed by atoms with E-state index >= 15 is 0 Å². The molecule has 0 spiro atoms. The molecule has 0 amide bonds. The number of aliphatic hydroxyl groups is 2. The second-order valence-corrected chi connectivity index (χ2v) is 18.6. The zero-order chi connectivity index (χ0) is 40.6.